The summed E-state index contributed by atoms with van der Waals surface area (Å²) < 4.78 is 16.6. The van der Waals surface area contributed by atoms with Crippen molar-refractivity contribution < 1.29 is 19.0 Å². The van der Waals surface area contributed by atoms with Crippen LogP contribution in [0.2, 0.25) is 0 Å². The highest BCUT2D eigenvalue weighted by Crippen LogP contribution is 2.18. The van der Waals surface area contributed by atoms with Gasteiger partial charge in [-0.05, 0) is 49.4 Å². The van der Waals surface area contributed by atoms with E-state index in [9.17, 15) is 4.79 Å². The largest absolute Gasteiger partial charge is 0.494 e. The van der Waals surface area contributed by atoms with Crippen LogP contribution in [0, 0.1) is 5.92 Å². The first kappa shape index (κ1) is 17.6. The molecule has 1 saturated heterocycles. The molecule has 0 bridgehead atoms. The molecule has 1 atom stereocenters. The molecular formula is C18H27NO4. The summed E-state index contributed by atoms with van der Waals surface area (Å²) in [4.78, 5) is 11.7. The van der Waals surface area contributed by atoms with E-state index in [1.165, 1.54) is 0 Å². The first-order valence-corrected chi connectivity index (χ1v) is 8.37. The fraction of sp³-hybridized carbons (Fsp3) is 0.611. The van der Waals surface area contributed by atoms with Crippen LogP contribution in [-0.2, 0) is 9.53 Å². The first-order valence-electron chi connectivity index (χ1n) is 8.37. The highest BCUT2D eigenvalue weighted by molar-refractivity contribution is 5.77. The molecule has 1 aromatic rings. The van der Waals surface area contributed by atoms with Gasteiger partial charge < -0.3 is 19.5 Å². The minimum Gasteiger partial charge on any atom is -0.494 e. The molecule has 1 aliphatic rings. The number of hydrogen-bond donors (Lipinski definition) is 1. The minimum atomic E-state index is -0.127. The monoisotopic (exact) mass is 321 g/mol. The zero-order valence-electron chi connectivity index (χ0n) is 14.0. The number of carbonyl (C=O) groups is 1. The van der Waals surface area contributed by atoms with Crippen LogP contribution in [0.1, 0.15) is 33.1 Å². The zero-order chi connectivity index (χ0) is 16.5. The summed E-state index contributed by atoms with van der Waals surface area (Å²) in [7, 11) is 0. The third-order valence-electron chi connectivity index (χ3n) is 3.71. The van der Waals surface area contributed by atoms with Crippen molar-refractivity contribution >= 4 is 5.91 Å². The van der Waals surface area contributed by atoms with Crippen LogP contribution in [0.15, 0.2) is 24.3 Å². The van der Waals surface area contributed by atoms with Crippen molar-refractivity contribution in [3.8, 4) is 11.5 Å². The number of benzene rings is 1. The normalized spacial score (nSPS) is 17.3. The summed E-state index contributed by atoms with van der Waals surface area (Å²) in [5.41, 5.74) is 0. The Balaban J connectivity index is 1.63. The third kappa shape index (κ3) is 6.91. The van der Waals surface area contributed by atoms with E-state index < -0.39 is 0 Å². The Kier molecular flexibility index (Phi) is 7.20. The molecule has 1 fully saturated rings. The molecule has 23 heavy (non-hydrogen) atoms. The molecule has 1 aromatic carbocycles. The van der Waals surface area contributed by atoms with Crippen molar-refractivity contribution in [2.75, 3.05) is 26.4 Å². The van der Waals surface area contributed by atoms with Gasteiger partial charge in [-0.3, -0.25) is 4.79 Å². The Morgan fingerprint density at radius 2 is 1.96 bits per heavy atom. The molecule has 0 aliphatic carbocycles. The molecule has 5 nitrogen and oxygen atoms in total. The number of nitrogens with one attached hydrogen (secondary N) is 1. The molecule has 5 heteroatoms. The quantitative estimate of drug-likeness (QED) is 0.760. The van der Waals surface area contributed by atoms with Crippen LogP contribution in [-0.4, -0.2) is 38.4 Å². The number of amides is 1. The summed E-state index contributed by atoms with van der Waals surface area (Å²) in [6.45, 7) is 6.42. The van der Waals surface area contributed by atoms with Gasteiger partial charge in [-0.25, -0.2) is 0 Å². The number of ether oxygens (including phenoxy) is 3. The lowest BCUT2D eigenvalue weighted by Gasteiger charge is -2.12. The topological polar surface area (TPSA) is 56.8 Å². The van der Waals surface area contributed by atoms with Gasteiger partial charge in [-0.1, -0.05) is 13.8 Å². The van der Waals surface area contributed by atoms with Crippen LogP contribution in [0.3, 0.4) is 0 Å². The fourth-order valence-corrected chi connectivity index (χ4v) is 2.28. The molecule has 0 spiro atoms. The molecule has 2 rings (SSSR count). The molecule has 128 valence electrons. The molecule has 0 saturated carbocycles. The minimum absolute atomic E-state index is 0.0142. The highest BCUT2D eigenvalue weighted by Gasteiger charge is 2.16. The van der Waals surface area contributed by atoms with Gasteiger partial charge in [0.1, 0.15) is 11.5 Å². The zero-order valence-corrected chi connectivity index (χ0v) is 14.0. The van der Waals surface area contributed by atoms with E-state index in [0.29, 0.717) is 24.8 Å². The maximum absolute atomic E-state index is 11.7. The summed E-state index contributed by atoms with van der Waals surface area (Å²) in [6.07, 6.45) is 3.27. The van der Waals surface area contributed by atoms with Gasteiger partial charge in [0.05, 0.1) is 12.7 Å². The van der Waals surface area contributed by atoms with Crippen LogP contribution in [0.5, 0.6) is 11.5 Å². The van der Waals surface area contributed by atoms with E-state index >= 15 is 0 Å². The van der Waals surface area contributed by atoms with Gasteiger partial charge in [0.15, 0.2) is 6.61 Å². The van der Waals surface area contributed by atoms with Gasteiger partial charge in [0.2, 0.25) is 0 Å². The highest BCUT2D eigenvalue weighted by atomic mass is 16.5. The van der Waals surface area contributed by atoms with Crippen LogP contribution >= 0.6 is 0 Å². The molecule has 1 unspecified atom stereocenters. The Hall–Kier alpha value is -1.75. The van der Waals surface area contributed by atoms with Crippen molar-refractivity contribution in [2.45, 2.75) is 39.2 Å². The van der Waals surface area contributed by atoms with Gasteiger partial charge in [-0.2, -0.15) is 0 Å². The van der Waals surface area contributed by atoms with Crippen LogP contribution < -0.4 is 14.8 Å². The molecule has 1 heterocycles. The summed E-state index contributed by atoms with van der Waals surface area (Å²) in [5, 5.41) is 2.83. The van der Waals surface area contributed by atoms with Crippen molar-refractivity contribution in [3.05, 3.63) is 24.3 Å². The SMILES string of the molecule is CC(C)CCOc1ccc(OCC(=O)NCC2CCCO2)cc1. The summed E-state index contributed by atoms with van der Waals surface area (Å²) in [5.74, 6) is 1.98. The average Bonchev–Trinajstić information content (AvgIpc) is 3.05. The predicted molar refractivity (Wildman–Crippen MR) is 88.9 cm³/mol. The Morgan fingerprint density at radius 3 is 2.57 bits per heavy atom. The van der Waals surface area contributed by atoms with E-state index in [4.69, 9.17) is 14.2 Å². The lowest BCUT2D eigenvalue weighted by atomic mass is 10.1. The molecule has 1 N–H and O–H groups in total. The van der Waals surface area contributed by atoms with Gasteiger partial charge >= 0.3 is 0 Å². The molecular weight excluding hydrogens is 294 g/mol. The number of rotatable bonds is 9. The maximum Gasteiger partial charge on any atom is 0.258 e. The fourth-order valence-electron chi connectivity index (χ4n) is 2.28. The van der Waals surface area contributed by atoms with E-state index in [2.05, 4.69) is 19.2 Å². The van der Waals surface area contributed by atoms with E-state index in [0.717, 1.165) is 31.6 Å². The molecule has 1 aliphatic heterocycles. The Labute approximate surface area is 138 Å². The second-order valence-electron chi connectivity index (χ2n) is 6.23. The van der Waals surface area contributed by atoms with Crippen molar-refractivity contribution in [2.24, 2.45) is 5.92 Å². The second-order valence-corrected chi connectivity index (χ2v) is 6.23. The van der Waals surface area contributed by atoms with Crippen molar-refractivity contribution in [1.29, 1.82) is 0 Å². The molecule has 0 radical (unpaired) electrons. The average molecular weight is 321 g/mol. The number of carbonyl (C=O) groups excluding carboxylic acids is 1. The van der Waals surface area contributed by atoms with E-state index in [-0.39, 0.29) is 18.6 Å². The lowest BCUT2D eigenvalue weighted by molar-refractivity contribution is -0.123. The van der Waals surface area contributed by atoms with Crippen molar-refractivity contribution in [3.63, 3.8) is 0 Å². The first-order chi connectivity index (χ1) is 11.1. The second kappa shape index (κ2) is 9.40. The third-order valence-corrected chi connectivity index (χ3v) is 3.71. The summed E-state index contributed by atoms with van der Waals surface area (Å²) in [6, 6.07) is 7.36. The molecule has 1 amide bonds. The maximum atomic E-state index is 11.7. The lowest BCUT2D eigenvalue weighted by Crippen LogP contribution is -2.35. The predicted octanol–water partition coefficient (Wildman–Crippen LogP) is 2.79. The van der Waals surface area contributed by atoms with Crippen LogP contribution in [0.4, 0.5) is 0 Å². The van der Waals surface area contributed by atoms with Gasteiger partial charge in [0.25, 0.3) is 5.91 Å². The standard InChI is InChI=1S/C18H27NO4/c1-14(2)9-11-22-15-5-7-16(8-6-15)23-13-18(20)19-12-17-4-3-10-21-17/h5-8,14,17H,3-4,9-13H2,1-2H3,(H,19,20). The van der Waals surface area contributed by atoms with Gasteiger partial charge in [-0.15, -0.1) is 0 Å². The number of hydrogen-bond acceptors (Lipinski definition) is 4. The Bertz CT molecular complexity index is 466. The van der Waals surface area contributed by atoms with Gasteiger partial charge in [0, 0.05) is 13.2 Å². The smallest absolute Gasteiger partial charge is 0.258 e. The van der Waals surface area contributed by atoms with E-state index in [1.54, 1.807) is 0 Å². The molecule has 0 aromatic heterocycles. The van der Waals surface area contributed by atoms with Crippen LogP contribution in [0.25, 0.3) is 0 Å². The summed E-state index contributed by atoms with van der Waals surface area (Å²) >= 11 is 0. The van der Waals surface area contributed by atoms with Crippen molar-refractivity contribution in [1.82, 2.24) is 5.32 Å². The Morgan fingerprint density at radius 1 is 1.26 bits per heavy atom. The van der Waals surface area contributed by atoms with E-state index in [1.807, 2.05) is 24.3 Å².